The number of carbonyl (C=O) groups excluding carboxylic acids is 3. The van der Waals surface area contributed by atoms with E-state index in [0.29, 0.717) is 30.6 Å². The van der Waals surface area contributed by atoms with E-state index in [1.165, 1.54) is 32.1 Å². The van der Waals surface area contributed by atoms with E-state index in [2.05, 4.69) is 13.8 Å². The Balaban J connectivity index is 0.000000162. The fourth-order valence-electron chi connectivity index (χ4n) is 14.2. The van der Waals surface area contributed by atoms with Crippen LogP contribution in [0.15, 0.2) is 0 Å². The maximum atomic E-state index is 12.8. The zero-order valence-corrected chi connectivity index (χ0v) is 40.8. The summed E-state index contributed by atoms with van der Waals surface area (Å²) in [6, 6.07) is 0. The maximum Gasteiger partial charge on any atom is 0.426 e. The SMILES string of the molecule is CCC(C)(C)C(=O)OC1(CC)CC2CC1C1C3CCC(C3)C21.CCC(C)(C)C(=O)OC12CC3CC(CC(O)(C3)C1)C2.CCC(C)(C)C(=O)OC1CCC(C(O)(C(F)(F)F)C(F)(F)F)CC1. The highest BCUT2D eigenvalue weighted by molar-refractivity contribution is 5.77. The molecule has 9 atom stereocenters. The molecule has 0 aliphatic heterocycles. The highest BCUT2D eigenvalue weighted by Gasteiger charge is 2.74. The monoisotopic (exact) mass is 935 g/mol. The fraction of sp³-hybridized carbons (Fsp3) is 0.941. The average molecular weight is 935 g/mol. The first-order chi connectivity index (χ1) is 29.8. The highest BCUT2D eigenvalue weighted by Crippen LogP contribution is 2.71. The minimum absolute atomic E-state index is 0.0455. The van der Waals surface area contributed by atoms with Crippen LogP contribution in [-0.4, -0.2) is 69.0 Å². The van der Waals surface area contributed by atoms with Gasteiger partial charge >= 0.3 is 30.3 Å². The Morgan fingerprint density at radius 1 is 0.585 bits per heavy atom. The van der Waals surface area contributed by atoms with Gasteiger partial charge in [0.2, 0.25) is 0 Å². The Bertz CT molecular complexity index is 1700. The summed E-state index contributed by atoms with van der Waals surface area (Å²) in [5, 5.41) is 20.0. The number of halogens is 6. The van der Waals surface area contributed by atoms with Crippen LogP contribution in [0.3, 0.4) is 0 Å². The number of alkyl halides is 6. The van der Waals surface area contributed by atoms with Crippen LogP contribution >= 0.6 is 0 Å². The largest absolute Gasteiger partial charge is 0.462 e. The number of hydrogen-bond donors (Lipinski definition) is 2. The molecule has 0 spiro atoms. The van der Waals surface area contributed by atoms with Gasteiger partial charge in [0.15, 0.2) is 0 Å². The van der Waals surface area contributed by atoms with Gasteiger partial charge in [-0.25, -0.2) is 0 Å². The third-order valence-electron chi connectivity index (χ3n) is 18.8. The van der Waals surface area contributed by atoms with Crippen LogP contribution in [-0.2, 0) is 28.6 Å². The quantitative estimate of drug-likeness (QED) is 0.0910. The summed E-state index contributed by atoms with van der Waals surface area (Å²) in [6.07, 6.45) is 2.01. The van der Waals surface area contributed by atoms with E-state index in [4.69, 9.17) is 14.2 Å². The van der Waals surface area contributed by atoms with E-state index in [-0.39, 0.29) is 41.4 Å². The molecular weight excluding hydrogens is 855 g/mol. The molecule has 0 saturated heterocycles. The predicted molar refractivity (Wildman–Crippen MR) is 233 cm³/mol. The van der Waals surface area contributed by atoms with Crippen LogP contribution in [0.2, 0.25) is 0 Å². The zero-order chi connectivity index (χ0) is 48.6. The van der Waals surface area contributed by atoms with Crippen molar-refractivity contribution in [3.05, 3.63) is 0 Å². The molecule has 0 amide bonds. The summed E-state index contributed by atoms with van der Waals surface area (Å²) in [5.41, 5.74) is -7.29. The van der Waals surface area contributed by atoms with Gasteiger partial charge in [-0.15, -0.1) is 0 Å². The van der Waals surface area contributed by atoms with Gasteiger partial charge in [0.25, 0.3) is 5.60 Å². The first kappa shape index (κ1) is 52.3. The summed E-state index contributed by atoms with van der Waals surface area (Å²) in [6.45, 7) is 19.4. The van der Waals surface area contributed by atoms with Crippen molar-refractivity contribution < 1.29 is 65.1 Å². The predicted octanol–water partition coefficient (Wildman–Crippen LogP) is 12.2. The Kier molecular flexibility index (Phi) is 14.5. The average Bonchev–Trinajstić information content (AvgIpc) is 4.01. The normalized spacial score (nSPS) is 38.3. The lowest BCUT2D eigenvalue weighted by Gasteiger charge is -2.59. The number of fused-ring (bicyclic) bond motifs is 9. The molecule has 0 heterocycles. The summed E-state index contributed by atoms with van der Waals surface area (Å²) in [4.78, 5) is 37.0. The van der Waals surface area contributed by atoms with Crippen LogP contribution in [0.4, 0.5) is 26.3 Å². The Morgan fingerprint density at radius 2 is 1.06 bits per heavy atom. The van der Waals surface area contributed by atoms with E-state index >= 15 is 0 Å². The van der Waals surface area contributed by atoms with Gasteiger partial charge < -0.3 is 24.4 Å². The highest BCUT2D eigenvalue weighted by atomic mass is 19.4. The van der Waals surface area contributed by atoms with Gasteiger partial charge in [-0.2, -0.15) is 26.3 Å². The minimum atomic E-state index is -5.82. The van der Waals surface area contributed by atoms with E-state index < -0.39 is 65.2 Å². The Hall–Kier alpha value is -2.09. The number of ether oxygens (including phenoxy) is 3. The van der Waals surface area contributed by atoms with Crippen LogP contribution < -0.4 is 0 Å². The summed E-state index contributed by atoms with van der Waals surface area (Å²) in [7, 11) is 0. The standard InChI is InChI=1S/C20H32O2.C16H26O3.C15H22F6O3/c1-5-19(3,4)18(21)22-20(6-2)11-14-10-15(20)17-13-8-7-12(9-13)16(14)17;1-4-14(2,3)13(17)19-16-8-11-5-12(9-16)7-15(18,6-11)10-16;1-4-12(2,3)11(22)24-10-7-5-9(6-8-10)13(23,14(16,17)18)15(19,20)21/h12-17H,5-11H2,1-4H3;11-12,18H,4-10H2,1-3H3;9-10,23H,4-8H2,1-3H3. The smallest absolute Gasteiger partial charge is 0.426 e. The fourth-order valence-corrected chi connectivity index (χ4v) is 14.2. The van der Waals surface area contributed by atoms with Crippen LogP contribution in [0, 0.1) is 69.5 Å². The lowest BCUT2D eigenvalue weighted by Crippen LogP contribution is -2.62. The second-order valence-corrected chi connectivity index (χ2v) is 24.2. The molecule has 0 radical (unpaired) electrons. The second-order valence-electron chi connectivity index (χ2n) is 24.2. The van der Waals surface area contributed by atoms with Gasteiger partial charge in [-0.1, -0.05) is 27.7 Å². The van der Waals surface area contributed by atoms with Crippen molar-refractivity contribution in [1.82, 2.24) is 0 Å². The number of rotatable bonds is 11. The molecule has 0 aromatic heterocycles. The molecule has 0 aromatic carbocycles. The van der Waals surface area contributed by atoms with Crippen molar-refractivity contribution in [2.45, 2.75) is 232 Å². The Labute approximate surface area is 383 Å². The first-order valence-corrected chi connectivity index (χ1v) is 25.1. The summed E-state index contributed by atoms with van der Waals surface area (Å²) < 4.78 is 94.5. The number of esters is 3. The minimum Gasteiger partial charge on any atom is -0.462 e. The second kappa shape index (κ2) is 18.0. The van der Waals surface area contributed by atoms with Gasteiger partial charge in [0.1, 0.15) is 17.3 Å². The third kappa shape index (κ3) is 9.89. The lowest BCUT2D eigenvalue weighted by molar-refractivity contribution is -0.387. The lowest BCUT2D eigenvalue weighted by atomic mass is 9.52. The summed E-state index contributed by atoms with van der Waals surface area (Å²) in [5.74, 6) is 3.90. The number of hydrogen-bond acceptors (Lipinski definition) is 8. The van der Waals surface area contributed by atoms with E-state index in [1.807, 2.05) is 34.6 Å². The molecule has 9 fully saturated rings. The van der Waals surface area contributed by atoms with Crippen molar-refractivity contribution in [2.24, 2.45) is 69.5 Å². The van der Waals surface area contributed by atoms with Crippen molar-refractivity contribution in [3.63, 3.8) is 0 Å². The molecule has 9 saturated carbocycles. The molecule has 8 bridgehead atoms. The van der Waals surface area contributed by atoms with Gasteiger partial charge in [0, 0.05) is 18.3 Å². The van der Waals surface area contributed by atoms with Crippen molar-refractivity contribution in [2.75, 3.05) is 0 Å². The number of carbonyl (C=O) groups is 3. The van der Waals surface area contributed by atoms with Crippen LogP contribution in [0.1, 0.15) is 191 Å². The van der Waals surface area contributed by atoms with E-state index in [1.54, 1.807) is 20.8 Å². The summed E-state index contributed by atoms with van der Waals surface area (Å²) >= 11 is 0. The molecule has 9 aliphatic carbocycles. The molecular formula is C51H80F6O8. The van der Waals surface area contributed by atoms with Crippen molar-refractivity contribution in [3.8, 4) is 0 Å². The Morgan fingerprint density at radius 3 is 1.52 bits per heavy atom. The molecule has 14 heteroatoms. The third-order valence-corrected chi connectivity index (χ3v) is 18.8. The van der Waals surface area contributed by atoms with Crippen molar-refractivity contribution >= 4 is 17.9 Å². The molecule has 374 valence electrons. The van der Waals surface area contributed by atoms with E-state index in [9.17, 15) is 50.9 Å². The molecule has 8 nitrogen and oxygen atoms in total. The molecule has 65 heavy (non-hydrogen) atoms. The topological polar surface area (TPSA) is 119 Å². The zero-order valence-electron chi connectivity index (χ0n) is 40.8. The van der Waals surface area contributed by atoms with Crippen molar-refractivity contribution in [1.29, 1.82) is 0 Å². The molecule has 0 aromatic rings. The molecule has 9 rings (SSSR count). The van der Waals surface area contributed by atoms with Gasteiger partial charge in [0.05, 0.1) is 21.8 Å². The number of aliphatic hydroxyl groups is 2. The van der Waals surface area contributed by atoms with Gasteiger partial charge in [-0.05, 0) is 199 Å². The molecule has 9 unspecified atom stereocenters. The molecule has 9 aliphatic rings. The van der Waals surface area contributed by atoms with E-state index in [0.717, 1.165) is 81.0 Å². The van der Waals surface area contributed by atoms with Crippen LogP contribution in [0.5, 0.6) is 0 Å². The molecule has 2 N–H and O–H groups in total. The van der Waals surface area contributed by atoms with Crippen LogP contribution in [0.25, 0.3) is 0 Å². The first-order valence-electron chi connectivity index (χ1n) is 25.1. The van der Waals surface area contributed by atoms with Gasteiger partial charge in [-0.3, -0.25) is 14.4 Å². The maximum absolute atomic E-state index is 12.8.